The third-order valence-electron chi connectivity index (χ3n) is 2.71. The summed E-state index contributed by atoms with van der Waals surface area (Å²) >= 11 is 0. The molecule has 0 aromatic heterocycles. The van der Waals surface area contributed by atoms with Gasteiger partial charge in [-0.1, -0.05) is 0 Å². The van der Waals surface area contributed by atoms with E-state index in [1.165, 1.54) is 12.1 Å². The van der Waals surface area contributed by atoms with Gasteiger partial charge in [-0.3, -0.25) is 4.79 Å². The third-order valence-corrected chi connectivity index (χ3v) is 2.71. The first-order valence-corrected chi connectivity index (χ1v) is 6.22. The van der Waals surface area contributed by atoms with Crippen LogP contribution in [0.3, 0.4) is 0 Å². The molecule has 0 aliphatic carbocycles. The molecular formula is C14H20FNO2. The van der Waals surface area contributed by atoms with Crippen molar-refractivity contribution in [2.75, 3.05) is 19.8 Å². The summed E-state index contributed by atoms with van der Waals surface area (Å²) in [4.78, 5) is 11.7. The normalized spacial score (nSPS) is 10.6. The van der Waals surface area contributed by atoms with E-state index in [9.17, 15) is 9.18 Å². The predicted molar refractivity (Wildman–Crippen MR) is 69.2 cm³/mol. The molecule has 100 valence electrons. The first-order chi connectivity index (χ1) is 8.65. The van der Waals surface area contributed by atoms with E-state index in [4.69, 9.17) is 10.5 Å². The van der Waals surface area contributed by atoms with Gasteiger partial charge in [0.2, 0.25) is 0 Å². The van der Waals surface area contributed by atoms with Crippen molar-refractivity contribution < 1.29 is 13.9 Å². The molecule has 0 unspecified atom stereocenters. The Labute approximate surface area is 107 Å². The highest BCUT2D eigenvalue weighted by atomic mass is 19.1. The minimum Gasteiger partial charge on any atom is -0.373 e. The summed E-state index contributed by atoms with van der Waals surface area (Å²) in [6, 6.07) is 4.35. The van der Waals surface area contributed by atoms with Crippen molar-refractivity contribution in [1.29, 1.82) is 0 Å². The number of halogens is 1. The Morgan fingerprint density at radius 3 is 2.78 bits per heavy atom. The van der Waals surface area contributed by atoms with E-state index in [2.05, 4.69) is 0 Å². The summed E-state index contributed by atoms with van der Waals surface area (Å²) in [5.74, 6) is -0.411. The van der Waals surface area contributed by atoms with Gasteiger partial charge in [-0.25, -0.2) is 4.39 Å². The Morgan fingerprint density at radius 2 is 2.11 bits per heavy atom. The van der Waals surface area contributed by atoms with E-state index in [1.807, 2.05) is 0 Å². The molecule has 1 rings (SSSR count). The molecule has 0 spiro atoms. The fraction of sp³-hybridized carbons (Fsp3) is 0.500. The Kier molecular flexibility index (Phi) is 6.54. The SMILES string of the molecule is Cc1cc(C(=O)COCCCCCN)ccc1F. The summed E-state index contributed by atoms with van der Waals surface area (Å²) in [5, 5.41) is 0. The minimum atomic E-state index is -0.297. The van der Waals surface area contributed by atoms with Crippen LogP contribution in [0.1, 0.15) is 35.2 Å². The Hall–Kier alpha value is -1.26. The van der Waals surface area contributed by atoms with Crippen LogP contribution in [0, 0.1) is 12.7 Å². The van der Waals surface area contributed by atoms with E-state index in [-0.39, 0.29) is 18.2 Å². The predicted octanol–water partition coefficient (Wildman–Crippen LogP) is 2.46. The van der Waals surface area contributed by atoms with Crippen molar-refractivity contribution in [3.05, 3.63) is 35.1 Å². The molecule has 0 heterocycles. The lowest BCUT2D eigenvalue weighted by molar-refractivity contribution is 0.0752. The van der Waals surface area contributed by atoms with Gasteiger partial charge in [-0.05, 0) is 56.5 Å². The van der Waals surface area contributed by atoms with E-state index < -0.39 is 0 Å². The second-order valence-corrected chi connectivity index (χ2v) is 4.29. The largest absolute Gasteiger partial charge is 0.373 e. The average molecular weight is 253 g/mol. The fourth-order valence-corrected chi connectivity index (χ4v) is 1.59. The van der Waals surface area contributed by atoms with E-state index in [1.54, 1.807) is 13.0 Å². The summed E-state index contributed by atoms with van der Waals surface area (Å²) in [6.07, 6.45) is 2.90. The number of benzene rings is 1. The zero-order valence-corrected chi connectivity index (χ0v) is 10.7. The molecule has 3 nitrogen and oxygen atoms in total. The van der Waals surface area contributed by atoms with Crippen molar-refractivity contribution in [1.82, 2.24) is 0 Å². The molecule has 0 atom stereocenters. The Morgan fingerprint density at radius 1 is 1.33 bits per heavy atom. The van der Waals surface area contributed by atoms with Crippen molar-refractivity contribution in [3.63, 3.8) is 0 Å². The number of ether oxygens (including phenoxy) is 1. The number of hydrogen-bond donors (Lipinski definition) is 1. The lowest BCUT2D eigenvalue weighted by atomic mass is 10.1. The molecule has 4 heteroatoms. The van der Waals surface area contributed by atoms with E-state index in [0.717, 1.165) is 19.3 Å². The van der Waals surface area contributed by atoms with Gasteiger partial charge in [0, 0.05) is 12.2 Å². The van der Waals surface area contributed by atoms with Gasteiger partial charge in [-0.15, -0.1) is 0 Å². The van der Waals surface area contributed by atoms with Crippen LogP contribution in [-0.4, -0.2) is 25.5 Å². The van der Waals surface area contributed by atoms with Crippen molar-refractivity contribution in [2.45, 2.75) is 26.2 Å². The highest BCUT2D eigenvalue weighted by Crippen LogP contribution is 2.10. The number of nitrogens with two attached hydrogens (primary N) is 1. The second kappa shape index (κ2) is 7.95. The number of ketones is 1. The Balaban J connectivity index is 2.30. The molecule has 1 aromatic rings. The van der Waals surface area contributed by atoms with Crippen LogP contribution in [0.5, 0.6) is 0 Å². The van der Waals surface area contributed by atoms with Crippen molar-refractivity contribution in [3.8, 4) is 0 Å². The van der Waals surface area contributed by atoms with Crippen LogP contribution in [0.25, 0.3) is 0 Å². The maximum Gasteiger partial charge on any atom is 0.188 e. The van der Waals surface area contributed by atoms with Gasteiger partial charge in [-0.2, -0.15) is 0 Å². The lowest BCUT2D eigenvalue weighted by Crippen LogP contribution is -2.10. The van der Waals surface area contributed by atoms with E-state index >= 15 is 0 Å². The topological polar surface area (TPSA) is 52.3 Å². The molecule has 0 amide bonds. The molecule has 18 heavy (non-hydrogen) atoms. The zero-order valence-electron chi connectivity index (χ0n) is 10.7. The third kappa shape index (κ3) is 4.94. The van der Waals surface area contributed by atoms with Crippen molar-refractivity contribution >= 4 is 5.78 Å². The highest BCUT2D eigenvalue weighted by molar-refractivity contribution is 5.97. The summed E-state index contributed by atoms with van der Waals surface area (Å²) < 4.78 is 18.3. The number of hydrogen-bond acceptors (Lipinski definition) is 3. The lowest BCUT2D eigenvalue weighted by Gasteiger charge is -2.05. The van der Waals surface area contributed by atoms with Gasteiger partial charge in [0.1, 0.15) is 12.4 Å². The summed E-state index contributed by atoms with van der Waals surface area (Å²) in [7, 11) is 0. The first-order valence-electron chi connectivity index (χ1n) is 6.22. The number of carbonyl (C=O) groups is 1. The highest BCUT2D eigenvalue weighted by Gasteiger charge is 2.07. The molecule has 0 radical (unpaired) electrons. The number of carbonyl (C=O) groups excluding carboxylic acids is 1. The first kappa shape index (κ1) is 14.8. The number of rotatable bonds is 8. The molecule has 0 saturated heterocycles. The molecule has 1 aromatic carbocycles. The molecule has 0 bridgehead atoms. The van der Waals surface area contributed by atoms with Crippen LogP contribution in [0.2, 0.25) is 0 Å². The zero-order chi connectivity index (χ0) is 13.4. The van der Waals surface area contributed by atoms with E-state index in [0.29, 0.717) is 24.3 Å². The molecule has 0 saturated carbocycles. The van der Waals surface area contributed by atoms with Gasteiger partial charge < -0.3 is 10.5 Å². The maximum absolute atomic E-state index is 13.0. The standard InChI is InChI=1S/C14H20FNO2/c1-11-9-12(5-6-13(11)15)14(17)10-18-8-4-2-3-7-16/h5-6,9H,2-4,7-8,10,16H2,1H3. The summed E-state index contributed by atoms with van der Waals surface area (Å²) in [5.41, 5.74) is 6.34. The minimum absolute atomic E-state index is 0.0493. The number of unbranched alkanes of at least 4 members (excludes halogenated alkanes) is 2. The summed E-state index contributed by atoms with van der Waals surface area (Å²) in [6.45, 7) is 2.94. The molecule has 0 aliphatic rings. The van der Waals surface area contributed by atoms with Crippen LogP contribution in [0.4, 0.5) is 4.39 Å². The Bertz CT molecular complexity index is 393. The molecule has 0 fully saturated rings. The quantitative estimate of drug-likeness (QED) is 0.572. The molecule has 2 N–H and O–H groups in total. The molecular weight excluding hydrogens is 233 g/mol. The average Bonchev–Trinajstić information content (AvgIpc) is 2.36. The number of aryl methyl sites for hydroxylation is 1. The maximum atomic E-state index is 13.0. The van der Waals surface area contributed by atoms with Gasteiger partial charge in [0.15, 0.2) is 5.78 Å². The van der Waals surface area contributed by atoms with Gasteiger partial charge in [0.05, 0.1) is 0 Å². The van der Waals surface area contributed by atoms with Gasteiger partial charge >= 0.3 is 0 Å². The molecule has 0 aliphatic heterocycles. The second-order valence-electron chi connectivity index (χ2n) is 4.29. The van der Waals surface area contributed by atoms with Crippen LogP contribution in [0.15, 0.2) is 18.2 Å². The number of Topliss-reactive ketones (excluding diaryl/α,β-unsaturated/α-hetero) is 1. The monoisotopic (exact) mass is 253 g/mol. The van der Waals surface area contributed by atoms with Gasteiger partial charge in [0.25, 0.3) is 0 Å². The fourth-order valence-electron chi connectivity index (χ4n) is 1.59. The van der Waals surface area contributed by atoms with Crippen LogP contribution in [-0.2, 0) is 4.74 Å². The van der Waals surface area contributed by atoms with Crippen LogP contribution < -0.4 is 5.73 Å². The van der Waals surface area contributed by atoms with Crippen LogP contribution >= 0.6 is 0 Å². The van der Waals surface area contributed by atoms with Crippen molar-refractivity contribution in [2.24, 2.45) is 5.73 Å². The smallest absolute Gasteiger partial charge is 0.188 e.